The largest absolute Gasteiger partial charge is 0.465 e. The third-order valence-corrected chi connectivity index (χ3v) is 1.61. The summed E-state index contributed by atoms with van der Waals surface area (Å²) in [7, 11) is 1.30. The maximum Gasteiger partial charge on any atom is 0.340 e. The van der Waals surface area contributed by atoms with Crippen molar-refractivity contribution in [1.29, 1.82) is 0 Å². The fourth-order valence-electron chi connectivity index (χ4n) is 0.952. The van der Waals surface area contributed by atoms with Gasteiger partial charge < -0.3 is 10.5 Å². The molecule has 1 rings (SSSR count). The Morgan fingerprint density at radius 3 is 3.07 bits per heavy atom. The van der Waals surface area contributed by atoms with E-state index >= 15 is 0 Å². The summed E-state index contributed by atoms with van der Waals surface area (Å²) in [4.78, 5) is 15.2. The second kappa shape index (κ2) is 4.25. The van der Waals surface area contributed by atoms with Gasteiger partial charge in [-0.15, -0.1) is 5.73 Å². The lowest BCUT2D eigenvalue weighted by atomic mass is 10.2. The van der Waals surface area contributed by atoms with Crippen molar-refractivity contribution in [1.82, 2.24) is 4.98 Å². The molecule has 14 heavy (non-hydrogen) atoms. The Morgan fingerprint density at radius 2 is 2.50 bits per heavy atom. The minimum atomic E-state index is -0.483. The van der Waals surface area contributed by atoms with Crippen molar-refractivity contribution in [3.8, 4) is 0 Å². The number of anilines is 1. The minimum Gasteiger partial charge on any atom is -0.465 e. The topological polar surface area (TPSA) is 65.2 Å². The third kappa shape index (κ3) is 2.00. The average Bonchev–Trinajstić information content (AvgIpc) is 2.20. The number of methoxy groups -OCH3 is 1. The molecular formula is C10H10N2O2. The van der Waals surface area contributed by atoms with Crippen LogP contribution in [0.2, 0.25) is 0 Å². The lowest BCUT2D eigenvalue weighted by molar-refractivity contribution is 0.0602. The minimum absolute atomic E-state index is 0.290. The number of nitrogen functional groups attached to an aromatic ring is 1. The first-order valence-electron chi connectivity index (χ1n) is 3.88. The van der Waals surface area contributed by atoms with Crippen LogP contribution in [0.4, 0.5) is 5.69 Å². The van der Waals surface area contributed by atoms with Crippen LogP contribution in [-0.4, -0.2) is 18.1 Å². The molecule has 72 valence electrons. The van der Waals surface area contributed by atoms with E-state index in [-0.39, 0.29) is 5.69 Å². The van der Waals surface area contributed by atoms with Crippen LogP contribution in [0.1, 0.15) is 16.1 Å². The number of hydrogen-bond donors (Lipinski definition) is 1. The summed E-state index contributed by atoms with van der Waals surface area (Å²) < 4.78 is 4.55. The van der Waals surface area contributed by atoms with E-state index in [0.29, 0.717) is 11.3 Å². The van der Waals surface area contributed by atoms with Crippen molar-refractivity contribution < 1.29 is 9.53 Å². The Morgan fingerprint density at radius 1 is 1.79 bits per heavy atom. The molecule has 2 N–H and O–H groups in total. The van der Waals surface area contributed by atoms with Gasteiger partial charge in [-0.05, 0) is 6.07 Å². The van der Waals surface area contributed by atoms with Crippen LogP contribution in [0.25, 0.3) is 6.08 Å². The molecule has 1 heterocycles. The molecule has 0 spiro atoms. The number of nitrogens with zero attached hydrogens (tertiary/aromatic N) is 1. The van der Waals surface area contributed by atoms with Gasteiger partial charge in [0.15, 0.2) is 0 Å². The Hall–Kier alpha value is -2.06. The SMILES string of the molecule is C=C=Cc1cc(C(=O)OC)c(N)cn1. The molecule has 0 fully saturated rings. The van der Waals surface area contributed by atoms with Gasteiger partial charge in [-0.2, -0.15) is 0 Å². The van der Waals surface area contributed by atoms with Crippen LogP contribution in [0.5, 0.6) is 0 Å². The highest BCUT2D eigenvalue weighted by Crippen LogP contribution is 2.13. The fourth-order valence-corrected chi connectivity index (χ4v) is 0.952. The number of esters is 1. The molecule has 0 atom stereocenters. The molecule has 0 saturated heterocycles. The van der Waals surface area contributed by atoms with Crippen LogP contribution >= 0.6 is 0 Å². The molecule has 0 amide bonds. The zero-order valence-electron chi connectivity index (χ0n) is 7.78. The lowest BCUT2D eigenvalue weighted by Crippen LogP contribution is -2.06. The zero-order valence-corrected chi connectivity index (χ0v) is 7.78. The highest BCUT2D eigenvalue weighted by molar-refractivity contribution is 5.95. The monoisotopic (exact) mass is 190 g/mol. The summed E-state index contributed by atoms with van der Waals surface area (Å²) in [5.74, 6) is -0.483. The van der Waals surface area contributed by atoms with E-state index < -0.39 is 5.97 Å². The molecule has 0 bridgehead atoms. The molecule has 4 heteroatoms. The maximum atomic E-state index is 11.2. The van der Waals surface area contributed by atoms with Crippen molar-refractivity contribution in [3.63, 3.8) is 0 Å². The van der Waals surface area contributed by atoms with E-state index in [0.717, 1.165) is 0 Å². The lowest BCUT2D eigenvalue weighted by Gasteiger charge is -2.03. The number of carbonyl (C=O) groups is 1. The third-order valence-electron chi connectivity index (χ3n) is 1.61. The van der Waals surface area contributed by atoms with Crippen LogP contribution < -0.4 is 5.73 Å². The number of hydrogen-bond acceptors (Lipinski definition) is 4. The number of rotatable bonds is 2. The summed E-state index contributed by atoms with van der Waals surface area (Å²) in [5, 5.41) is 0. The second-order valence-corrected chi connectivity index (χ2v) is 2.54. The quantitative estimate of drug-likeness (QED) is 0.563. The number of carbonyl (C=O) groups excluding carboxylic acids is 1. The molecule has 0 saturated carbocycles. The predicted molar refractivity (Wildman–Crippen MR) is 53.6 cm³/mol. The molecule has 0 aliphatic heterocycles. The van der Waals surface area contributed by atoms with Gasteiger partial charge in [-0.3, -0.25) is 4.98 Å². The molecule has 1 aromatic rings. The smallest absolute Gasteiger partial charge is 0.340 e. The standard InChI is InChI=1S/C10H10N2O2/c1-3-4-7-5-8(10(13)14-2)9(11)6-12-7/h4-6H,1,11H2,2H3. The maximum absolute atomic E-state index is 11.2. The van der Waals surface area contributed by atoms with Crippen molar-refractivity contribution >= 4 is 17.7 Å². The Balaban J connectivity index is 3.20. The highest BCUT2D eigenvalue weighted by atomic mass is 16.5. The Kier molecular flexibility index (Phi) is 3.05. The fraction of sp³-hybridized carbons (Fsp3) is 0.100. The first kappa shape index (κ1) is 10.0. The van der Waals surface area contributed by atoms with Crippen LogP contribution in [0, 0.1) is 0 Å². The summed E-state index contributed by atoms with van der Waals surface area (Å²) in [5.41, 5.74) is 9.26. The number of pyridine rings is 1. The summed E-state index contributed by atoms with van der Waals surface area (Å²) >= 11 is 0. The summed E-state index contributed by atoms with van der Waals surface area (Å²) in [6.07, 6.45) is 2.95. The summed E-state index contributed by atoms with van der Waals surface area (Å²) in [6, 6.07) is 1.53. The van der Waals surface area contributed by atoms with Crippen molar-refractivity contribution in [2.75, 3.05) is 12.8 Å². The number of aromatic nitrogens is 1. The molecule has 1 aromatic heterocycles. The van der Waals surface area contributed by atoms with Crippen molar-refractivity contribution in [2.24, 2.45) is 0 Å². The Bertz CT molecular complexity index is 407. The zero-order chi connectivity index (χ0) is 10.6. The molecule has 0 radical (unpaired) electrons. The van der Waals surface area contributed by atoms with Crippen molar-refractivity contribution in [2.45, 2.75) is 0 Å². The van der Waals surface area contributed by atoms with Gasteiger partial charge in [0.2, 0.25) is 0 Å². The van der Waals surface area contributed by atoms with Gasteiger partial charge in [0.05, 0.1) is 30.3 Å². The molecule has 0 aliphatic carbocycles. The first-order valence-corrected chi connectivity index (χ1v) is 3.88. The van der Waals surface area contributed by atoms with Crippen LogP contribution in [0.15, 0.2) is 24.6 Å². The van der Waals surface area contributed by atoms with Crippen molar-refractivity contribution in [3.05, 3.63) is 35.8 Å². The number of nitrogens with two attached hydrogens (primary N) is 1. The highest BCUT2D eigenvalue weighted by Gasteiger charge is 2.10. The summed E-state index contributed by atoms with van der Waals surface area (Å²) in [6.45, 7) is 3.41. The van der Waals surface area contributed by atoms with Gasteiger partial charge in [0.25, 0.3) is 0 Å². The first-order chi connectivity index (χ1) is 6.69. The van der Waals surface area contributed by atoms with Crippen LogP contribution in [-0.2, 0) is 4.74 Å². The average molecular weight is 190 g/mol. The van der Waals surface area contributed by atoms with Gasteiger partial charge in [-0.25, -0.2) is 4.79 Å². The molecule has 0 aromatic carbocycles. The van der Waals surface area contributed by atoms with E-state index in [1.165, 1.54) is 19.4 Å². The van der Waals surface area contributed by atoms with Gasteiger partial charge >= 0.3 is 5.97 Å². The van der Waals surface area contributed by atoms with Gasteiger partial charge in [0, 0.05) is 6.08 Å². The molecular weight excluding hydrogens is 180 g/mol. The second-order valence-electron chi connectivity index (χ2n) is 2.54. The van der Waals surface area contributed by atoms with Gasteiger partial charge in [-0.1, -0.05) is 6.58 Å². The molecule has 4 nitrogen and oxygen atoms in total. The van der Waals surface area contributed by atoms with E-state index in [1.54, 1.807) is 6.08 Å². The Labute approximate surface area is 81.7 Å². The van der Waals surface area contributed by atoms with E-state index in [9.17, 15) is 4.79 Å². The normalized spacial score (nSPS) is 8.93. The van der Waals surface area contributed by atoms with E-state index in [4.69, 9.17) is 5.73 Å². The van der Waals surface area contributed by atoms with E-state index in [2.05, 4.69) is 22.0 Å². The van der Waals surface area contributed by atoms with E-state index in [1.807, 2.05) is 0 Å². The van der Waals surface area contributed by atoms with Crippen LogP contribution in [0.3, 0.4) is 0 Å². The molecule has 0 aliphatic rings. The van der Waals surface area contributed by atoms with Gasteiger partial charge in [0.1, 0.15) is 0 Å². The number of ether oxygens (including phenoxy) is 1. The predicted octanol–water partition coefficient (Wildman–Crippen LogP) is 1.25. The molecule has 0 unspecified atom stereocenters.